The lowest BCUT2D eigenvalue weighted by Gasteiger charge is -2.30. The van der Waals surface area contributed by atoms with Crippen molar-refractivity contribution in [3.05, 3.63) is 182 Å². The van der Waals surface area contributed by atoms with Gasteiger partial charge in [0, 0.05) is 22.5 Å². The highest BCUT2D eigenvalue weighted by atomic mass is 15.1. The lowest BCUT2D eigenvalue weighted by atomic mass is 9.94. The van der Waals surface area contributed by atoms with Gasteiger partial charge in [-0.1, -0.05) is 146 Å². The van der Waals surface area contributed by atoms with Crippen LogP contribution in [0.25, 0.3) is 54.9 Å². The van der Waals surface area contributed by atoms with Gasteiger partial charge in [-0.15, -0.1) is 0 Å². The van der Waals surface area contributed by atoms with E-state index in [1.54, 1.807) is 0 Å². The first-order chi connectivity index (χ1) is 22.7. The van der Waals surface area contributed by atoms with Crippen LogP contribution in [0, 0.1) is 0 Å². The Kier molecular flexibility index (Phi) is 7.01. The van der Waals surface area contributed by atoms with Crippen molar-refractivity contribution in [3.8, 4) is 33.4 Å². The molecule has 0 aromatic heterocycles. The zero-order valence-electron chi connectivity index (χ0n) is 25.3. The molecule has 46 heavy (non-hydrogen) atoms. The van der Waals surface area contributed by atoms with E-state index in [4.69, 9.17) is 5.73 Å². The van der Waals surface area contributed by atoms with Crippen molar-refractivity contribution in [1.29, 1.82) is 0 Å². The summed E-state index contributed by atoms with van der Waals surface area (Å²) in [5.74, 6) is 0. The van der Waals surface area contributed by atoms with Gasteiger partial charge < -0.3 is 10.6 Å². The summed E-state index contributed by atoms with van der Waals surface area (Å²) < 4.78 is 0. The van der Waals surface area contributed by atoms with Gasteiger partial charge in [0.15, 0.2) is 0 Å². The Morgan fingerprint density at radius 3 is 1.24 bits per heavy atom. The highest BCUT2D eigenvalue weighted by Crippen LogP contribution is 2.46. The second-order valence-corrected chi connectivity index (χ2v) is 11.6. The SMILES string of the molecule is Nc1ccc(-c2ccc(N(c3ccccc3-c3cccc4ccccc34)c3ccccc3-c3cccc4ccccc34)cc2)cc1. The molecule has 0 radical (unpaired) electrons. The summed E-state index contributed by atoms with van der Waals surface area (Å²) in [6, 6.07) is 64.9. The van der Waals surface area contributed by atoms with E-state index in [9.17, 15) is 0 Å². The maximum atomic E-state index is 5.98. The molecule has 0 fully saturated rings. The molecule has 0 unspecified atom stereocenters. The number of anilines is 4. The van der Waals surface area contributed by atoms with E-state index in [1.807, 2.05) is 12.1 Å². The first kappa shape index (κ1) is 27.4. The fourth-order valence-electron chi connectivity index (χ4n) is 6.60. The molecule has 8 aromatic carbocycles. The van der Waals surface area contributed by atoms with Crippen molar-refractivity contribution in [3.63, 3.8) is 0 Å². The summed E-state index contributed by atoms with van der Waals surface area (Å²) in [5.41, 5.74) is 17.1. The van der Waals surface area contributed by atoms with E-state index in [1.165, 1.54) is 43.8 Å². The minimum Gasteiger partial charge on any atom is -0.399 e. The summed E-state index contributed by atoms with van der Waals surface area (Å²) in [6.45, 7) is 0. The summed E-state index contributed by atoms with van der Waals surface area (Å²) in [4.78, 5) is 2.42. The molecule has 0 saturated heterocycles. The van der Waals surface area contributed by atoms with Crippen LogP contribution in [-0.2, 0) is 0 Å². The first-order valence-corrected chi connectivity index (χ1v) is 15.6. The third kappa shape index (κ3) is 4.96. The van der Waals surface area contributed by atoms with E-state index < -0.39 is 0 Å². The lowest BCUT2D eigenvalue weighted by Crippen LogP contribution is -2.12. The fraction of sp³-hybridized carbons (Fsp3) is 0. The van der Waals surface area contributed by atoms with E-state index >= 15 is 0 Å². The van der Waals surface area contributed by atoms with Crippen molar-refractivity contribution in [2.45, 2.75) is 0 Å². The Morgan fingerprint density at radius 1 is 0.326 bits per heavy atom. The zero-order valence-corrected chi connectivity index (χ0v) is 25.3. The molecule has 8 rings (SSSR count). The predicted octanol–water partition coefficient (Wildman–Crippen LogP) is 12.0. The van der Waals surface area contributed by atoms with E-state index in [0.717, 1.165) is 33.9 Å². The van der Waals surface area contributed by atoms with Gasteiger partial charge >= 0.3 is 0 Å². The molecule has 0 amide bonds. The maximum absolute atomic E-state index is 5.98. The molecular weight excluding hydrogens is 556 g/mol. The van der Waals surface area contributed by atoms with Gasteiger partial charge in [-0.2, -0.15) is 0 Å². The third-order valence-electron chi connectivity index (χ3n) is 8.82. The highest BCUT2D eigenvalue weighted by molar-refractivity contribution is 6.04. The van der Waals surface area contributed by atoms with Crippen LogP contribution in [0.5, 0.6) is 0 Å². The number of para-hydroxylation sites is 2. The fourth-order valence-corrected chi connectivity index (χ4v) is 6.60. The van der Waals surface area contributed by atoms with E-state index in [2.05, 4.69) is 175 Å². The molecule has 0 saturated carbocycles. The van der Waals surface area contributed by atoms with Crippen LogP contribution in [0.2, 0.25) is 0 Å². The van der Waals surface area contributed by atoms with E-state index in [-0.39, 0.29) is 0 Å². The van der Waals surface area contributed by atoms with Crippen LogP contribution in [-0.4, -0.2) is 0 Å². The summed E-state index contributed by atoms with van der Waals surface area (Å²) in [5, 5.41) is 4.92. The minimum absolute atomic E-state index is 0.765. The van der Waals surface area contributed by atoms with Crippen LogP contribution >= 0.6 is 0 Å². The van der Waals surface area contributed by atoms with Gasteiger partial charge in [0.2, 0.25) is 0 Å². The molecule has 2 nitrogen and oxygen atoms in total. The summed E-state index contributed by atoms with van der Waals surface area (Å²) in [7, 11) is 0. The second-order valence-electron chi connectivity index (χ2n) is 11.6. The maximum Gasteiger partial charge on any atom is 0.0540 e. The smallest absolute Gasteiger partial charge is 0.0540 e. The molecule has 0 spiro atoms. The van der Waals surface area contributed by atoms with Crippen LogP contribution < -0.4 is 10.6 Å². The number of nitrogens with zero attached hydrogens (tertiary/aromatic N) is 1. The predicted molar refractivity (Wildman–Crippen MR) is 197 cm³/mol. The Bertz CT molecular complexity index is 2180. The number of nitrogen functional groups attached to an aromatic ring is 1. The highest BCUT2D eigenvalue weighted by Gasteiger charge is 2.21. The lowest BCUT2D eigenvalue weighted by molar-refractivity contribution is 1.29. The van der Waals surface area contributed by atoms with Crippen LogP contribution in [0.1, 0.15) is 0 Å². The van der Waals surface area contributed by atoms with Gasteiger partial charge in [0.05, 0.1) is 11.4 Å². The molecule has 0 atom stereocenters. The minimum atomic E-state index is 0.765. The average molecular weight is 589 g/mol. The topological polar surface area (TPSA) is 29.3 Å². The van der Waals surface area contributed by atoms with Crippen molar-refractivity contribution < 1.29 is 0 Å². The largest absolute Gasteiger partial charge is 0.399 e. The summed E-state index contributed by atoms with van der Waals surface area (Å²) in [6.07, 6.45) is 0. The normalized spacial score (nSPS) is 11.1. The number of benzene rings is 8. The summed E-state index contributed by atoms with van der Waals surface area (Å²) >= 11 is 0. The third-order valence-corrected chi connectivity index (χ3v) is 8.82. The molecule has 0 aliphatic carbocycles. The first-order valence-electron chi connectivity index (χ1n) is 15.6. The van der Waals surface area contributed by atoms with Gasteiger partial charge in [-0.25, -0.2) is 0 Å². The number of nitrogens with two attached hydrogens (primary N) is 1. The van der Waals surface area contributed by atoms with Crippen molar-refractivity contribution in [1.82, 2.24) is 0 Å². The number of rotatable bonds is 6. The molecule has 0 heterocycles. The van der Waals surface area contributed by atoms with Gasteiger partial charge in [-0.05, 0) is 80.2 Å². The Balaban J connectivity index is 1.37. The van der Waals surface area contributed by atoms with Crippen LogP contribution in [0.4, 0.5) is 22.7 Å². The monoisotopic (exact) mass is 588 g/mol. The molecule has 2 heteroatoms. The molecule has 8 aromatic rings. The Morgan fingerprint density at radius 2 is 0.717 bits per heavy atom. The zero-order chi connectivity index (χ0) is 30.9. The van der Waals surface area contributed by atoms with Crippen molar-refractivity contribution in [2.75, 3.05) is 10.6 Å². The van der Waals surface area contributed by atoms with Gasteiger partial charge in [-0.3, -0.25) is 0 Å². The second kappa shape index (κ2) is 11.8. The number of hydrogen-bond donors (Lipinski definition) is 1. The quantitative estimate of drug-likeness (QED) is 0.196. The molecule has 0 aliphatic rings. The Hall–Kier alpha value is -6.12. The standard InChI is InChI=1S/C44H32N2/c45-35-27-23-31(24-28-35)32-25-29-36(30-26-32)46(43-21-7-5-17-41(43)39-19-9-13-33-11-1-3-15-37(33)39)44-22-8-6-18-42(44)40-20-10-14-34-12-2-4-16-38(34)40/h1-30H,45H2. The molecular formula is C44H32N2. The molecule has 218 valence electrons. The molecule has 2 N–H and O–H groups in total. The van der Waals surface area contributed by atoms with Crippen LogP contribution in [0.15, 0.2) is 182 Å². The van der Waals surface area contributed by atoms with Crippen molar-refractivity contribution >= 4 is 44.3 Å². The number of fused-ring (bicyclic) bond motifs is 2. The Labute approximate surface area is 269 Å². The number of hydrogen-bond acceptors (Lipinski definition) is 2. The van der Waals surface area contributed by atoms with Crippen molar-refractivity contribution in [2.24, 2.45) is 0 Å². The van der Waals surface area contributed by atoms with Gasteiger partial charge in [0.25, 0.3) is 0 Å². The van der Waals surface area contributed by atoms with E-state index in [0.29, 0.717) is 0 Å². The van der Waals surface area contributed by atoms with Crippen LogP contribution in [0.3, 0.4) is 0 Å². The molecule has 0 aliphatic heterocycles. The molecule has 0 bridgehead atoms. The average Bonchev–Trinajstić information content (AvgIpc) is 3.12. The van der Waals surface area contributed by atoms with Gasteiger partial charge in [0.1, 0.15) is 0 Å².